The van der Waals surface area contributed by atoms with Crippen LogP contribution in [0.2, 0.25) is 10.0 Å². The highest BCUT2D eigenvalue weighted by Gasteiger charge is 2.24. The van der Waals surface area contributed by atoms with Crippen LogP contribution in [0.4, 0.5) is 5.69 Å². The van der Waals surface area contributed by atoms with E-state index in [1.807, 2.05) is 0 Å². The van der Waals surface area contributed by atoms with Gasteiger partial charge in [0.05, 0.1) is 15.0 Å². The molecule has 0 saturated carbocycles. The highest BCUT2D eigenvalue weighted by Crippen LogP contribution is 2.26. The molecule has 0 bridgehead atoms. The van der Waals surface area contributed by atoms with Crippen LogP contribution < -0.4 is 0 Å². The van der Waals surface area contributed by atoms with Crippen LogP contribution in [-0.2, 0) is 6.54 Å². The number of nitro groups is 1. The summed E-state index contributed by atoms with van der Waals surface area (Å²) in [7, 11) is 1.58. The number of rotatable bonds is 4. The maximum Gasteiger partial charge on any atom is 0.285 e. The second-order valence-electron chi connectivity index (χ2n) is 5.14. The zero-order chi connectivity index (χ0) is 17.1. The highest BCUT2D eigenvalue weighted by molar-refractivity contribution is 6.42. The molecule has 0 heterocycles. The average Bonchev–Trinajstić information content (AvgIpc) is 2.49. The molecule has 23 heavy (non-hydrogen) atoms. The third-order valence-corrected chi connectivity index (χ3v) is 4.14. The molecular formula is C16H14Cl2N2O3. The Balaban J connectivity index is 2.28. The van der Waals surface area contributed by atoms with Crippen LogP contribution in [0.3, 0.4) is 0 Å². The first-order chi connectivity index (χ1) is 10.8. The number of aryl methyl sites for hydroxylation is 1. The quantitative estimate of drug-likeness (QED) is 0.601. The molecule has 0 aliphatic heterocycles. The zero-order valence-electron chi connectivity index (χ0n) is 12.5. The first kappa shape index (κ1) is 17.2. The lowest BCUT2D eigenvalue weighted by Gasteiger charge is -2.18. The molecule has 0 fully saturated rings. The van der Waals surface area contributed by atoms with E-state index in [9.17, 15) is 14.9 Å². The maximum atomic E-state index is 12.5. The Labute approximate surface area is 143 Å². The minimum absolute atomic E-state index is 0.0672. The molecule has 2 aromatic rings. The number of para-hydroxylation sites is 1. The van der Waals surface area contributed by atoms with Crippen LogP contribution in [0.1, 0.15) is 21.5 Å². The Bertz CT molecular complexity index is 778. The molecule has 0 aliphatic carbocycles. The summed E-state index contributed by atoms with van der Waals surface area (Å²) in [5.41, 5.74) is 1.13. The number of amides is 1. The van der Waals surface area contributed by atoms with Gasteiger partial charge in [-0.2, -0.15) is 0 Å². The van der Waals surface area contributed by atoms with Gasteiger partial charge in [-0.05, 0) is 30.7 Å². The number of hydrogen-bond acceptors (Lipinski definition) is 3. The summed E-state index contributed by atoms with van der Waals surface area (Å²) < 4.78 is 0. The third kappa shape index (κ3) is 3.81. The number of nitro benzene ring substituents is 1. The van der Waals surface area contributed by atoms with Crippen LogP contribution in [-0.4, -0.2) is 22.8 Å². The Hall–Kier alpha value is -2.11. The summed E-state index contributed by atoms with van der Waals surface area (Å²) in [6.07, 6.45) is 0. The molecule has 0 atom stereocenters. The van der Waals surface area contributed by atoms with Crippen LogP contribution in [0.15, 0.2) is 36.4 Å². The Morgan fingerprint density at radius 1 is 1.22 bits per heavy atom. The van der Waals surface area contributed by atoms with Crippen LogP contribution in [0, 0.1) is 17.0 Å². The molecule has 2 aromatic carbocycles. The number of halogens is 2. The van der Waals surface area contributed by atoms with Gasteiger partial charge in [-0.25, -0.2) is 0 Å². The predicted octanol–water partition coefficient (Wildman–Crippen LogP) is 4.48. The Kier molecular flexibility index (Phi) is 5.23. The maximum absolute atomic E-state index is 12.5. The van der Waals surface area contributed by atoms with E-state index < -0.39 is 10.8 Å². The molecule has 0 N–H and O–H groups in total. The van der Waals surface area contributed by atoms with Gasteiger partial charge in [-0.15, -0.1) is 0 Å². The molecule has 0 spiro atoms. The topological polar surface area (TPSA) is 63.5 Å². The van der Waals surface area contributed by atoms with Gasteiger partial charge >= 0.3 is 0 Å². The molecule has 7 heteroatoms. The fraction of sp³-hybridized carbons (Fsp3) is 0.188. The van der Waals surface area contributed by atoms with Gasteiger partial charge in [-0.1, -0.05) is 41.4 Å². The van der Waals surface area contributed by atoms with E-state index >= 15 is 0 Å². The molecule has 2 rings (SSSR count). The number of benzene rings is 2. The second kappa shape index (κ2) is 6.98. The monoisotopic (exact) mass is 352 g/mol. The van der Waals surface area contributed by atoms with Crippen molar-refractivity contribution in [2.45, 2.75) is 13.5 Å². The van der Waals surface area contributed by atoms with Crippen molar-refractivity contribution in [2.24, 2.45) is 0 Å². The Morgan fingerprint density at radius 2 is 1.91 bits per heavy atom. The first-order valence-corrected chi connectivity index (χ1v) is 7.50. The third-order valence-electron chi connectivity index (χ3n) is 3.40. The molecule has 1 amide bonds. The van der Waals surface area contributed by atoms with Gasteiger partial charge in [0.1, 0.15) is 5.56 Å². The summed E-state index contributed by atoms with van der Waals surface area (Å²) >= 11 is 11.8. The number of nitrogens with zero attached hydrogens (tertiary/aromatic N) is 2. The first-order valence-electron chi connectivity index (χ1n) is 6.74. The minimum Gasteiger partial charge on any atom is -0.337 e. The standard InChI is InChI=1S/C16H14Cl2N2O3/c1-10-4-3-5-12(15(10)20(22)23)16(21)19(2)9-11-6-7-13(17)14(18)8-11/h3-8H,9H2,1-2H3. The van der Waals surface area contributed by atoms with Crippen molar-refractivity contribution in [3.05, 3.63) is 73.2 Å². The fourth-order valence-electron chi connectivity index (χ4n) is 2.26. The molecular weight excluding hydrogens is 339 g/mol. The van der Waals surface area contributed by atoms with Crippen molar-refractivity contribution in [3.63, 3.8) is 0 Å². The van der Waals surface area contributed by atoms with E-state index in [1.54, 1.807) is 44.3 Å². The lowest BCUT2D eigenvalue weighted by Crippen LogP contribution is -2.27. The van der Waals surface area contributed by atoms with Gasteiger partial charge in [-0.3, -0.25) is 14.9 Å². The summed E-state index contributed by atoms with van der Waals surface area (Å²) in [6.45, 7) is 1.87. The zero-order valence-corrected chi connectivity index (χ0v) is 14.1. The van der Waals surface area contributed by atoms with Crippen molar-refractivity contribution in [2.75, 3.05) is 7.05 Å². The van der Waals surface area contributed by atoms with Gasteiger partial charge in [0.2, 0.25) is 0 Å². The van der Waals surface area contributed by atoms with Crippen molar-refractivity contribution >= 4 is 34.8 Å². The molecule has 0 saturated heterocycles. The van der Waals surface area contributed by atoms with Gasteiger partial charge in [0.25, 0.3) is 11.6 Å². The number of carbonyl (C=O) groups excluding carboxylic acids is 1. The molecule has 0 aliphatic rings. The summed E-state index contributed by atoms with van der Waals surface area (Å²) in [5, 5.41) is 12.0. The van der Waals surface area contributed by atoms with E-state index in [0.29, 0.717) is 15.6 Å². The molecule has 0 unspecified atom stereocenters. The number of hydrogen-bond donors (Lipinski definition) is 0. The van der Waals surface area contributed by atoms with Crippen molar-refractivity contribution in [1.82, 2.24) is 4.90 Å². The van der Waals surface area contributed by atoms with Crippen molar-refractivity contribution < 1.29 is 9.72 Å². The lowest BCUT2D eigenvalue weighted by atomic mass is 10.1. The molecule has 0 aromatic heterocycles. The van der Waals surface area contributed by atoms with E-state index in [2.05, 4.69) is 0 Å². The van der Waals surface area contributed by atoms with E-state index in [0.717, 1.165) is 5.56 Å². The predicted molar refractivity (Wildman–Crippen MR) is 90.1 cm³/mol. The average molecular weight is 353 g/mol. The largest absolute Gasteiger partial charge is 0.337 e. The second-order valence-corrected chi connectivity index (χ2v) is 5.95. The van der Waals surface area contributed by atoms with Crippen molar-refractivity contribution in [3.8, 4) is 0 Å². The Morgan fingerprint density at radius 3 is 2.52 bits per heavy atom. The van der Waals surface area contributed by atoms with E-state index in [4.69, 9.17) is 23.2 Å². The fourth-order valence-corrected chi connectivity index (χ4v) is 2.58. The molecule has 5 nitrogen and oxygen atoms in total. The molecule has 0 radical (unpaired) electrons. The van der Waals surface area contributed by atoms with Crippen LogP contribution in [0.5, 0.6) is 0 Å². The van der Waals surface area contributed by atoms with Crippen molar-refractivity contribution in [1.29, 1.82) is 0 Å². The van der Waals surface area contributed by atoms with Crippen LogP contribution in [0.25, 0.3) is 0 Å². The minimum atomic E-state index is -0.532. The van der Waals surface area contributed by atoms with Crippen LogP contribution >= 0.6 is 23.2 Å². The van der Waals surface area contributed by atoms with E-state index in [1.165, 1.54) is 11.0 Å². The number of carbonyl (C=O) groups is 1. The summed E-state index contributed by atoms with van der Waals surface area (Å²) in [4.78, 5) is 24.6. The summed E-state index contributed by atoms with van der Waals surface area (Å²) in [5.74, 6) is -0.425. The SMILES string of the molecule is Cc1cccc(C(=O)N(C)Cc2ccc(Cl)c(Cl)c2)c1[N+](=O)[O-]. The van der Waals surface area contributed by atoms with Gasteiger partial charge < -0.3 is 4.90 Å². The van der Waals surface area contributed by atoms with Gasteiger partial charge in [0, 0.05) is 19.2 Å². The molecule has 120 valence electrons. The van der Waals surface area contributed by atoms with Gasteiger partial charge in [0.15, 0.2) is 0 Å². The highest BCUT2D eigenvalue weighted by atomic mass is 35.5. The van der Waals surface area contributed by atoms with E-state index in [-0.39, 0.29) is 17.8 Å². The smallest absolute Gasteiger partial charge is 0.285 e. The normalized spacial score (nSPS) is 10.4. The lowest BCUT2D eigenvalue weighted by molar-refractivity contribution is -0.385. The summed E-state index contributed by atoms with van der Waals surface area (Å²) in [6, 6.07) is 9.75.